The molecule has 0 bridgehead atoms. The zero-order chi connectivity index (χ0) is 18.0. The van der Waals surface area contributed by atoms with Gasteiger partial charge in [-0.05, 0) is 32.4 Å². The van der Waals surface area contributed by atoms with E-state index in [0.717, 1.165) is 23.0 Å². The number of aromatic nitrogens is 1. The summed E-state index contributed by atoms with van der Waals surface area (Å²) in [5.41, 5.74) is 2.26. The fourth-order valence-electron chi connectivity index (χ4n) is 3.06. The first-order valence-corrected chi connectivity index (χ1v) is 8.49. The van der Waals surface area contributed by atoms with Gasteiger partial charge in [0.1, 0.15) is 5.39 Å². The molecule has 1 unspecified atom stereocenters. The molecule has 0 aliphatic rings. The second kappa shape index (κ2) is 7.03. The number of non-ortho nitro benzene ring substituents is 1. The van der Waals surface area contributed by atoms with Crippen molar-refractivity contribution in [3.8, 4) is 0 Å². The second-order valence-corrected chi connectivity index (χ2v) is 6.36. The van der Waals surface area contributed by atoms with Crippen LogP contribution in [0.4, 0.5) is 11.4 Å². The minimum Gasteiger partial charge on any atom is -0.369 e. The lowest BCUT2D eigenvalue weighted by Crippen LogP contribution is -2.40. The number of pyridine rings is 1. The summed E-state index contributed by atoms with van der Waals surface area (Å²) in [6.45, 7) is 6.23. The molecular weight excluding hydrogens is 316 g/mol. The lowest BCUT2D eigenvalue weighted by molar-refractivity contribution is -0.383. The van der Waals surface area contributed by atoms with Gasteiger partial charge < -0.3 is 5.32 Å². The van der Waals surface area contributed by atoms with Gasteiger partial charge in [0.25, 0.3) is 5.69 Å². The molecule has 0 aliphatic heterocycles. The average molecular weight is 338 g/mol. The highest BCUT2D eigenvalue weighted by molar-refractivity contribution is 6.11. The fraction of sp³-hybridized carbons (Fsp3) is 0.316. The van der Waals surface area contributed by atoms with E-state index in [9.17, 15) is 10.1 Å². The molecule has 3 aromatic rings. The average Bonchev–Trinajstić information content (AvgIpc) is 2.59. The summed E-state index contributed by atoms with van der Waals surface area (Å²) < 4.78 is 0. The molecule has 2 aromatic carbocycles. The number of rotatable bonds is 6. The second-order valence-electron chi connectivity index (χ2n) is 6.36. The molecule has 6 heteroatoms. The Balaban J connectivity index is 2.28. The third-order valence-corrected chi connectivity index (χ3v) is 4.14. The number of anilines is 1. The van der Waals surface area contributed by atoms with Gasteiger partial charge in [0.05, 0.1) is 27.8 Å². The van der Waals surface area contributed by atoms with E-state index in [1.54, 1.807) is 6.07 Å². The highest BCUT2D eigenvalue weighted by Crippen LogP contribution is 2.36. The predicted octanol–water partition coefficient (Wildman–Crippen LogP) is 4.44. The van der Waals surface area contributed by atoms with E-state index in [4.69, 9.17) is 0 Å². The number of nitro groups is 1. The van der Waals surface area contributed by atoms with Crippen LogP contribution in [0.3, 0.4) is 0 Å². The summed E-state index contributed by atoms with van der Waals surface area (Å²) in [4.78, 5) is 15.8. The van der Waals surface area contributed by atoms with Crippen molar-refractivity contribution in [1.29, 1.82) is 0 Å². The zero-order valence-electron chi connectivity index (χ0n) is 14.6. The van der Waals surface area contributed by atoms with Gasteiger partial charge >= 0.3 is 0 Å². The first-order chi connectivity index (χ1) is 12.0. The Morgan fingerprint density at radius 2 is 1.84 bits per heavy atom. The number of hydrogen-bond acceptors (Lipinski definition) is 5. The van der Waals surface area contributed by atoms with E-state index in [-0.39, 0.29) is 16.8 Å². The largest absolute Gasteiger partial charge is 0.369 e. The van der Waals surface area contributed by atoms with Crippen LogP contribution in [0, 0.1) is 10.1 Å². The lowest BCUT2D eigenvalue weighted by Gasteiger charge is -2.24. The van der Waals surface area contributed by atoms with E-state index in [0.29, 0.717) is 16.9 Å². The molecule has 0 saturated heterocycles. The van der Waals surface area contributed by atoms with E-state index < -0.39 is 0 Å². The van der Waals surface area contributed by atoms with Crippen molar-refractivity contribution in [1.82, 2.24) is 10.3 Å². The van der Waals surface area contributed by atoms with Crippen LogP contribution in [0.15, 0.2) is 42.5 Å². The minimum absolute atomic E-state index is 0.00816. The maximum atomic E-state index is 11.6. The van der Waals surface area contributed by atoms with Gasteiger partial charge in [-0.1, -0.05) is 31.2 Å². The van der Waals surface area contributed by atoms with Crippen molar-refractivity contribution in [3.05, 3.63) is 52.6 Å². The highest BCUT2D eigenvalue weighted by Gasteiger charge is 2.20. The Hall–Kier alpha value is -2.73. The van der Waals surface area contributed by atoms with Crippen LogP contribution in [0.5, 0.6) is 0 Å². The molecule has 2 N–H and O–H groups in total. The van der Waals surface area contributed by atoms with Crippen molar-refractivity contribution in [2.75, 3.05) is 5.32 Å². The van der Waals surface area contributed by atoms with Gasteiger partial charge in [-0.25, -0.2) is 4.98 Å². The molecule has 0 amide bonds. The third kappa shape index (κ3) is 3.39. The summed E-state index contributed by atoms with van der Waals surface area (Å²) >= 11 is 0. The van der Waals surface area contributed by atoms with Crippen LogP contribution in [0.2, 0.25) is 0 Å². The molecule has 0 aliphatic carbocycles. The third-order valence-electron chi connectivity index (χ3n) is 4.14. The molecule has 3 rings (SSSR count). The van der Waals surface area contributed by atoms with E-state index in [1.807, 2.05) is 30.3 Å². The molecule has 1 aromatic heterocycles. The number of hydrogen-bond donors (Lipinski definition) is 2. The molecule has 6 nitrogen and oxygen atoms in total. The summed E-state index contributed by atoms with van der Waals surface area (Å²) in [5, 5.41) is 19.9. The lowest BCUT2D eigenvalue weighted by atomic mass is 10.1. The summed E-state index contributed by atoms with van der Waals surface area (Å²) in [6.07, 6.45) is 0.852. The highest BCUT2D eigenvalue weighted by atomic mass is 16.6. The number of benzene rings is 2. The van der Waals surface area contributed by atoms with E-state index in [2.05, 4.69) is 36.4 Å². The molecule has 25 heavy (non-hydrogen) atoms. The number of fused-ring (bicyclic) bond motifs is 2. The van der Waals surface area contributed by atoms with Crippen LogP contribution in [0.25, 0.3) is 21.8 Å². The first-order valence-electron chi connectivity index (χ1n) is 8.49. The number of nitrogens with one attached hydrogen (secondary N) is 2. The van der Waals surface area contributed by atoms with Crippen LogP contribution in [0.1, 0.15) is 27.2 Å². The number of nitrogens with zero attached hydrogens (tertiary/aromatic N) is 2. The molecule has 0 radical (unpaired) electrons. The molecule has 1 atom stereocenters. The smallest absolute Gasteiger partial charge is 0.280 e. The van der Waals surface area contributed by atoms with Gasteiger partial charge in [0.2, 0.25) is 0 Å². The maximum absolute atomic E-state index is 11.6. The number of nitro benzene ring substituents is 1. The Morgan fingerprint density at radius 1 is 1.12 bits per heavy atom. The Bertz CT molecular complexity index is 924. The molecule has 0 spiro atoms. The maximum Gasteiger partial charge on any atom is 0.280 e. The molecular formula is C19H22N4O2. The van der Waals surface area contributed by atoms with Crippen molar-refractivity contribution >= 4 is 33.2 Å². The van der Waals surface area contributed by atoms with Crippen molar-refractivity contribution in [3.63, 3.8) is 0 Å². The van der Waals surface area contributed by atoms with Gasteiger partial charge in [-0.3, -0.25) is 15.4 Å². The minimum atomic E-state index is -0.346. The predicted molar refractivity (Wildman–Crippen MR) is 102 cm³/mol. The Labute approximate surface area is 146 Å². The SMILES string of the molecule is CCC(Nc1c2ccccc2nc2cccc([N+](=O)[O-])c12)NC(C)C. The molecule has 1 heterocycles. The van der Waals surface area contributed by atoms with Crippen LogP contribution in [-0.4, -0.2) is 22.1 Å². The Kier molecular flexibility index (Phi) is 4.81. The normalized spacial score (nSPS) is 12.6. The molecule has 0 saturated carbocycles. The fourth-order valence-corrected chi connectivity index (χ4v) is 3.06. The van der Waals surface area contributed by atoms with E-state index in [1.165, 1.54) is 6.07 Å². The van der Waals surface area contributed by atoms with E-state index >= 15 is 0 Å². The summed E-state index contributed by atoms with van der Waals surface area (Å²) in [6, 6.07) is 13.0. The topological polar surface area (TPSA) is 80.1 Å². The summed E-state index contributed by atoms with van der Waals surface area (Å²) in [7, 11) is 0. The van der Waals surface area contributed by atoms with Crippen molar-refractivity contribution in [2.24, 2.45) is 0 Å². The zero-order valence-corrected chi connectivity index (χ0v) is 14.6. The van der Waals surface area contributed by atoms with Gasteiger partial charge in [0.15, 0.2) is 0 Å². The van der Waals surface area contributed by atoms with Gasteiger partial charge in [-0.2, -0.15) is 0 Å². The molecule has 0 fully saturated rings. The van der Waals surface area contributed by atoms with Crippen LogP contribution >= 0.6 is 0 Å². The van der Waals surface area contributed by atoms with Crippen molar-refractivity contribution in [2.45, 2.75) is 39.4 Å². The standard InChI is InChI=1S/C19H22N4O2/c1-4-17(20-12(2)3)22-19-13-8-5-6-9-14(13)21-15-10-7-11-16(18(15)19)23(24)25/h5-12,17,20H,4H2,1-3H3,(H,21,22). The van der Waals surface area contributed by atoms with Crippen LogP contribution in [-0.2, 0) is 0 Å². The first kappa shape index (κ1) is 17.1. The van der Waals surface area contributed by atoms with Crippen LogP contribution < -0.4 is 10.6 Å². The number of para-hydroxylation sites is 1. The Morgan fingerprint density at radius 3 is 2.52 bits per heavy atom. The monoisotopic (exact) mass is 338 g/mol. The van der Waals surface area contributed by atoms with Gasteiger partial charge in [-0.15, -0.1) is 0 Å². The summed E-state index contributed by atoms with van der Waals surface area (Å²) in [5.74, 6) is 0. The van der Waals surface area contributed by atoms with Crippen molar-refractivity contribution < 1.29 is 4.92 Å². The van der Waals surface area contributed by atoms with Gasteiger partial charge in [0, 0.05) is 17.5 Å². The quantitative estimate of drug-likeness (QED) is 0.300. The molecule has 130 valence electrons.